The molecule has 0 fully saturated rings. The number of amides is 2. The number of nitrogens with one attached hydrogen (secondary N) is 3. The summed E-state index contributed by atoms with van der Waals surface area (Å²) in [5, 5.41) is 21.4. The first-order valence-corrected chi connectivity index (χ1v) is 6.76. The highest BCUT2D eigenvalue weighted by Crippen LogP contribution is 2.29. The number of carbonyl (C=O) groups excluding carboxylic acids is 1. The van der Waals surface area contributed by atoms with Crippen molar-refractivity contribution >= 4 is 6.03 Å². The van der Waals surface area contributed by atoms with Crippen LogP contribution in [0.25, 0.3) is 0 Å². The van der Waals surface area contributed by atoms with E-state index in [-0.39, 0.29) is 18.1 Å². The van der Waals surface area contributed by atoms with Crippen LogP contribution in [0.3, 0.4) is 0 Å². The molecule has 4 N–H and O–H groups in total. The third kappa shape index (κ3) is 4.90. The van der Waals surface area contributed by atoms with Gasteiger partial charge in [0.15, 0.2) is 0 Å². The maximum atomic E-state index is 11.7. The van der Waals surface area contributed by atoms with Crippen LogP contribution in [0.4, 0.5) is 4.79 Å². The molecule has 0 saturated carbocycles. The van der Waals surface area contributed by atoms with Crippen molar-refractivity contribution in [1.29, 1.82) is 0 Å². The van der Waals surface area contributed by atoms with Gasteiger partial charge in [0.25, 0.3) is 0 Å². The van der Waals surface area contributed by atoms with Crippen LogP contribution in [-0.2, 0) is 6.54 Å². The molecule has 19 heavy (non-hydrogen) atoms. The van der Waals surface area contributed by atoms with Gasteiger partial charge in [-0.05, 0) is 30.7 Å². The molecule has 0 aliphatic rings. The van der Waals surface area contributed by atoms with Crippen molar-refractivity contribution in [2.45, 2.75) is 39.7 Å². The van der Waals surface area contributed by atoms with E-state index in [1.165, 1.54) is 0 Å². The molecule has 0 unspecified atom stereocenters. The van der Waals surface area contributed by atoms with Gasteiger partial charge in [0, 0.05) is 19.3 Å². The summed E-state index contributed by atoms with van der Waals surface area (Å²) in [6.07, 6.45) is 4.23. The Hall–Kier alpha value is -1.56. The predicted octanol–water partition coefficient (Wildman–Crippen LogP) is 1.40. The summed E-state index contributed by atoms with van der Waals surface area (Å²) in [5.74, 6) is 0. The number of nitrogens with zero attached hydrogens (tertiary/aromatic N) is 1. The Bertz CT molecular complexity index is 361. The molecule has 2 amide bonds. The number of aromatic amines is 1. The fourth-order valence-corrected chi connectivity index (χ4v) is 2.07. The monoisotopic (exact) mass is 268 g/mol. The second kappa shape index (κ2) is 7.78. The summed E-state index contributed by atoms with van der Waals surface area (Å²) in [4.78, 5) is 11.7. The molecular formula is C13H24N4O2. The van der Waals surface area contributed by atoms with Crippen LogP contribution >= 0.6 is 0 Å². The number of carbonyl (C=O) groups is 1. The number of hydrogen-bond donors (Lipinski definition) is 4. The van der Waals surface area contributed by atoms with E-state index in [9.17, 15) is 4.79 Å². The lowest BCUT2D eigenvalue weighted by atomic mass is 9.79. The summed E-state index contributed by atoms with van der Waals surface area (Å²) in [7, 11) is 0. The van der Waals surface area contributed by atoms with Gasteiger partial charge in [-0.1, -0.05) is 13.8 Å². The first-order valence-electron chi connectivity index (χ1n) is 6.76. The quantitative estimate of drug-likeness (QED) is 0.574. The van der Waals surface area contributed by atoms with Crippen LogP contribution in [0.1, 0.15) is 38.8 Å². The van der Waals surface area contributed by atoms with Crippen LogP contribution in [-0.4, -0.2) is 34.5 Å². The number of rotatable bonds is 8. The van der Waals surface area contributed by atoms with Crippen LogP contribution in [0.2, 0.25) is 0 Å². The van der Waals surface area contributed by atoms with Crippen LogP contribution in [0, 0.1) is 5.41 Å². The molecule has 0 aromatic carbocycles. The lowest BCUT2D eigenvalue weighted by Crippen LogP contribution is -2.42. The highest BCUT2D eigenvalue weighted by atomic mass is 16.3. The van der Waals surface area contributed by atoms with E-state index in [4.69, 9.17) is 5.11 Å². The van der Waals surface area contributed by atoms with Gasteiger partial charge in [0.2, 0.25) is 0 Å². The fourth-order valence-electron chi connectivity index (χ4n) is 2.07. The van der Waals surface area contributed by atoms with E-state index in [2.05, 4.69) is 34.7 Å². The minimum absolute atomic E-state index is 0.0138. The van der Waals surface area contributed by atoms with Gasteiger partial charge in [0.1, 0.15) is 0 Å². The van der Waals surface area contributed by atoms with Crippen molar-refractivity contribution in [2.24, 2.45) is 5.41 Å². The summed E-state index contributed by atoms with van der Waals surface area (Å²) in [6.45, 7) is 5.33. The third-order valence-electron chi connectivity index (χ3n) is 3.76. The summed E-state index contributed by atoms with van der Waals surface area (Å²) < 4.78 is 0. The molecule has 6 heteroatoms. The second-order valence-electron chi connectivity index (χ2n) is 4.80. The van der Waals surface area contributed by atoms with Gasteiger partial charge < -0.3 is 15.7 Å². The van der Waals surface area contributed by atoms with Crippen molar-refractivity contribution in [2.75, 3.05) is 13.2 Å². The highest BCUT2D eigenvalue weighted by Gasteiger charge is 2.25. The van der Waals surface area contributed by atoms with Crippen LogP contribution < -0.4 is 10.6 Å². The SMILES string of the molecule is CCC(CC)(CCO)CNC(=O)NCc1ccn[nH]1. The molecule has 108 valence electrons. The van der Waals surface area contributed by atoms with Gasteiger partial charge >= 0.3 is 6.03 Å². The molecule has 1 rings (SSSR count). The zero-order valence-corrected chi connectivity index (χ0v) is 11.7. The molecule has 1 aromatic heterocycles. The summed E-state index contributed by atoms with van der Waals surface area (Å²) in [5.41, 5.74) is 0.850. The first kappa shape index (κ1) is 15.5. The van der Waals surface area contributed by atoms with Crippen LogP contribution in [0.5, 0.6) is 0 Å². The van der Waals surface area contributed by atoms with Crippen molar-refractivity contribution in [1.82, 2.24) is 20.8 Å². The zero-order valence-electron chi connectivity index (χ0n) is 11.7. The Morgan fingerprint density at radius 2 is 2.16 bits per heavy atom. The Morgan fingerprint density at radius 3 is 2.68 bits per heavy atom. The van der Waals surface area contributed by atoms with E-state index in [0.29, 0.717) is 19.5 Å². The van der Waals surface area contributed by atoms with E-state index >= 15 is 0 Å². The van der Waals surface area contributed by atoms with E-state index in [1.54, 1.807) is 6.20 Å². The van der Waals surface area contributed by atoms with Crippen molar-refractivity contribution in [3.05, 3.63) is 18.0 Å². The number of aliphatic hydroxyl groups excluding tert-OH is 1. The van der Waals surface area contributed by atoms with E-state index in [1.807, 2.05) is 6.07 Å². The normalized spacial score (nSPS) is 11.3. The molecule has 0 aliphatic heterocycles. The second-order valence-corrected chi connectivity index (χ2v) is 4.80. The number of aliphatic hydroxyl groups is 1. The van der Waals surface area contributed by atoms with Crippen molar-refractivity contribution in [3.8, 4) is 0 Å². The molecule has 0 saturated heterocycles. The lowest BCUT2D eigenvalue weighted by molar-refractivity contribution is 0.163. The summed E-state index contributed by atoms with van der Waals surface area (Å²) in [6, 6.07) is 1.62. The predicted molar refractivity (Wildman–Crippen MR) is 73.5 cm³/mol. The lowest BCUT2D eigenvalue weighted by Gasteiger charge is -2.31. The number of hydrogen-bond acceptors (Lipinski definition) is 3. The first-order chi connectivity index (χ1) is 9.15. The summed E-state index contributed by atoms with van der Waals surface area (Å²) >= 11 is 0. The largest absolute Gasteiger partial charge is 0.396 e. The van der Waals surface area contributed by atoms with Gasteiger partial charge in [-0.25, -0.2) is 4.79 Å². The standard InChI is InChI=1S/C13H24N4O2/c1-3-13(4-2,6-8-18)10-15-12(19)14-9-11-5-7-16-17-11/h5,7,18H,3-4,6,8-10H2,1-2H3,(H,16,17)(H2,14,15,19). The van der Waals surface area contributed by atoms with E-state index < -0.39 is 0 Å². The minimum atomic E-state index is -0.196. The Kier molecular flexibility index (Phi) is 6.35. The smallest absolute Gasteiger partial charge is 0.315 e. The Balaban J connectivity index is 2.35. The maximum absolute atomic E-state index is 11.7. The molecule has 0 aliphatic carbocycles. The van der Waals surface area contributed by atoms with Gasteiger partial charge in [-0.2, -0.15) is 5.10 Å². The molecule has 0 atom stereocenters. The molecule has 6 nitrogen and oxygen atoms in total. The number of urea groups is 1. The zero-order chi connectivity index (χ0) is 14.1. The van der Waals surface area contributed by atoms with Gasteiger partial charge in [-0.15, -0.1) is 0 Å². The van der Waals surface area contributed by atoms with Crippen molar-refractivity contribution in [3.63, 3.8) is 0 Å². The highest BCUT2D eigenvalue weighted by molar-refractivity contribution is 5.73. The van der Waals surface area contributed by atoms with Gasteiger partial charge in [-0.3, -0.25) is 5.10 Å². The maximum Gasteiger partial charge on any atom is 0.315 e. The Labute approximate surface area is 114 Å². The molecule has 1 heterocycles. The average Bonchev–Trinajstić information content (AvgIpc) is 2.94. The number of aromatic nitrogens is 2. The van der Waals surface area contributed by atoms with E-state index in [0.717, 1.165) is 18.5 Å². The molecule has 0 spiro atoms. The van der Waals surface area contributed by atoms with Crippen molar-refractivity contribution < 1.29 is 9.90 Å². The van der Waals surface area contributed by atoms with Crippen LogP contribution in [0.15, 0.2) is 12.3 Å². The molecule has 0 bridgehead atoms. The molecule has 0 radical (unpaired) electrons. The Morgan fingerprint density at radius 1 is 1.42 bits per heavy atom. The fraction of sp³-hybridized carbons (Fsp3) is 0.692. The van der Waals surface area contributed by atoms with Gasteiger partial charge in [0.05, 0.1) is 12.2 Å². The number of H-pyrrole nitrogens is 1. The minimum Gasteiger partial charge on any atom is -0.396 e. The average molecular weight is 268 g/mol. The molecule has 1 aromatic rings. The third-order valence-corrected chi connectivity index (χ3v) is 3.76. The topological polar surface area (TPSA) is 90.0 Å². The molecular weight excluding hydrogens is 244 g/mol.